The molecule has 156 valence electrons. The molecule has 2 fully saturated rings. The topological polar surface area (TPSA) is 70.9 Å². The number of likely N-dealkylation sites (N-methyl/N-ethyl adjacent to an activating group) is 1. The van der Waals surface area contributed by atoms with Gasteiger partial charge in [0, 0.05) is 57.8 Å². The summed E-state index contributed by atoms with van der Waals surface area (Å²) in [5, 5.41) is 4.30. The molecular weight excluding hydrogens is 358 g/mol. The SMILES string of the molecule is CN(C)C[C@@H]1OCCN(C(=O)CCCN2CCCCC2=O)[C@H]1c1cnn(C)c1. The van der Waals surface area contributed by atoms with E-state index in [1.165, 1.54) is 0 Å². The van der Waals surface area contributed by atoms with Crippen LogP contribution in [0, 0.1) is 0 Å². The van der Waals surface area contributed by atoms with E-state index in [4.69, 9.17) is 4.74 Å². The molecule has 0 unspecified atom stereocenters. The van der Waals surface area contributed by atoms with Crippen LogP contribution in [0.3, 0.4) is 0 Å². The van der Waals surface area contributed by atoms with E-state index >= 15 is 0 Å². The van der Waals surface area contributed by atoms with Gasteiger partial charge in [-0.2, -0.15) is 5.10 Å². The van der Waals surface area contributed by atoms with Crippen LogP contribution in [0.25, 0.3) is 0 Å². The molecule has 1 aromatic heterocycles. The number of piperidine rings is 1. The molecule has 3 heterocycles. The summed E-state index contributed by atoms with van der Waals surface area (Å²) in [5.41, 5.74) is 1.01. The zero-order valence-corrected chi connectivity index (χ0v) is 17.3. The Morgan fingerprint density at radius 2 is 2.14 bits per heavy atom. The lowest BCUT2D eigenvalue weighted by atomic mass is 9.99. The smallest absolute Gasteiger partial charge is 0.223 e. The third kappa shape index (κ3) is 5.11. The van der Waals surface area contributed by atoms with Crippen molar-refractivity contribution in [3.05, 3.63) is 18.0 Å². The summed E-state index contributed by atoms with van der Waals surface area (Å²) in [7, 11) is 5.91. The number of rotatable bonds is 7. The molecule has 0 bridgehead atoms. The number of nitrogens with zero attached hydrogens (tertiary/aromatic N) is 5. The molecule has 2 aliphatic rings. The largest absolute Gasteiger partial charge is 0.373 e. The average Bonchev–Trinajstić information content (AvgIpc) is 3.08. The minimum Gasteiger partial charge on any atom is -0.373 e. The molecule has 28 heavy (non-hydrogen) atoms. The summed E-state index contributed by atoms with van der Waals surface area (Å²) in [4.78, 5) is 31.0. The molecule has 1 aromatic rings. The summed E-state index contributed by atoms with van der Waals surface area (Å²) in [6, 6.07) is -0.131. The number of carbonyl (C=O) groups is 2. The van der Waals surface area contributed by atoms with Crippen molar-refractivity contribution in [1.29, 1.82) is 0 Å². The maximum absolute atomic E-state index is 13.1. The molecule has 0 spiro atoms. The van der Waals surface area contributed by atoms with Crippen molar-refractivity contribution in [2.45, 2.75) is 44.2 Å². The zero-order valence-electron chi connectivity index (χ0n) is 17.3. The van der Waals surface area contributed by atoms with E-state index in [0.29, 0.717) is 39.0 Å². The quantitative estimate of drug-likeness (QED) is 0.695. The van der Waals surface area contributed by atoms with Gasteiger partial charge in [0.2, 0.25) is 11.8 Å². The summed E-state index contributed by atoms with van der Waals surface area (Å²) in [5.74, 6) is 0.356. The van der Waals surface area contributed by atoms with Crippen LogP contribution in [0.15, 0.2) is 12.4 Å². The van der Waals surface area contributed by atoms with Gasteiger partial charge in [-0.15, -0.1) is 0 Å². The Morgan fingerprint density at radius 3 is 2.82 bits per heavy atom. The number of aryl methyl sites for hydroxylation is 1. The van der Waals surface area contributed by atoms with Crippen LogP contribution in [0.1, 0.15) is 43.7 Å². The molecule has 0 saturated carbocycles. The number of likely N-dealkylation sites (tertiary alicyclic amines) is 1. The van der Waals surface area contributed by atoms with Crippen LogP contribution in [-0.2, 0) is 21.4 Å². The monoisotopic (exact) mass is 391 g/mol. The molecular formula is C20H33N5O3. The lowest BCUT2D eigenvalue weighted by Crippen LogP contribution is -2.51. The van der Waals surface area contributed by atoms with Crippen molar-refractivity contribution in [2.24, 2.45) is 7.05 Å². The maximum atomic E-state index is 13.1. The van der Waals surface area contributed by atoms with E-state index in [9.17, 15) is 9.59 Å². The Bertz CT molecular complexity index is 675. The summed E-state index contributed by atoms with van der Waals surface area (Å²) >= 11 is 0. The fraction of sp³-hybridized carbons (Fsp3) is 0.750. The van der Waals surface area contributed by atoms with Gasteiger partial charge in [0.05, 0.1) is 24.9 Å². The minimum absolute atomic E-state index is 0.0828. The Labute approximate surface area is 167 Å². The highest BCUT2D eigenvalue weighted by molar-refractivity contribution is 5.78. The third-order valence-corrected chi connectivity index (χ3v) is 5.52. The van der Waals surface area contributed by atoms with Gasteiger partial charge in [-0.05, 0) is 33.4 Å². The van der Waals surface area contributed by atoms with Gasteiger partial charge >= 0.3 is 0 Å². The second-order valence-corrected chi connectivity index (χ2v) is 8.09. The van der Waals surface area contributed by atoms with Gasteiger partial charge in [-0.1, -0.05) is 0 Å². The average molecular weight is 392 g/mol. The first-order chi connectivity index (χ1) is 13.5. The van der Waals surface area contributed by atoms with Gasteiger partial charge in [0.1, 0.15) is 0 Å². The highest BCUT2D eigenvalue weighted by Gasteiger charge is 2.37. The van der Waals surface area contributed by atoms with Gasteiger partial charge in [-0.25, -0.2) is 0 Å². The van der Waals surface area contributed by atoms with Crippen molar-refractivity contribution in [2.75, 3.05) is 46.9 Å². The van der Waals surface area contributed by atoms with Gasteiger partial charge < -0.3 is 19.4 Å². The molecule has 8 heteroatoms. The second-order valence-electron chi connectivity index (χ2n) is 8.09. The third-order valence-electron chi connectivity index (χ3n) is 5.52. The summed E-state index contributed by atoms with van der Waals surface area (Å²) in [6.45, 7) is 3.38. The molecule has 2 aliphatic heterocycles. The van der Waals surface area contributed by atoms with Crippen LogP contribution in [0.5, 0.6) is 0 Å². The predicted octanol–water partition coefficient (Wildman–Crippen LogP) is 1.04. The van der Waals surface area contributed by atoms with E-state index in [1.807, 2.05) is 43.3 Å². The maximum Gasteiger partial charge on any atom is 0.223 e. The fourth-order valence-corrected chi connectivity index (χ4v) is 4.18. The van der Waals surface area contributed by atoms with E-state index < -0.39 is 0 Å². The number of ether oxygens (including phenoxy) is 1. The predicted molar refractivity (Wildman–Crippen MR) is 106 cm³/mol. The van der Waals surface area contributed by atoms with Gasteiger partial charge in [0.15, 0.2) is 0 Å². The van der Waals surface area contributed by atoms with Crippen LogP contribution in [0.2, 0.25) is 0 Å². The number of carbonyl (C=O) groups excluding carboxylic acids is 2. The number of hydrogen-bond donors (Lipinski definition) is 0. The molecule has 2 amide bonds. The number of aromatic nitrogens is 2. The molecule has 2 saturated heterocycles. The Morgan fingerprint density at radius 1 is 1.32 bits per heavy atom. The highest BCUT2D eigenvalue weighted by atomic mass is 16.5. The number of hydrogen-bond acceptors (Lipinski definition) is 5. The van der Waals surface area contributed by atoms with Crippen LogP contribution >= 0.6 is 0 Å². The first kappa shape index (κ1) is 20.8. The van der Waals surface area contributed by atoms with E-state index in [2.05, 4.69) is 10.00 Å². The van der Waals surface area contributed by atoms with Crippen molar-refractivity contribution in [3.8, 4) is 0 Å². The normalized spacial score (nSPS) is 23.5. The van der Waals surface area contributed by atoms with Crippen molar-refractivity contribution >= 4 is 11.8 Å². The van der Waals surface area contributed by atoms with Crippen molar-refractivity contribution < 1.29 is 14.3 Å². The van der Waals surface area contributed by atoms with E-state index in [0.717, 1.165) is 31.5 Å². The molecule has 0 N–H and O–H groups in total. The van der Waals surface area contributed by atoms with Crippen molar-refractivity contribution in [1.82, 2.24) is 24.5 Å². The van der Waals surface area contributed by atoms with Gasteiger partial charge in [0.25, 0.3) is 0 Å². The Kier molecular flexibility index (Phi) is 7.07. The summed E-state index contributed by atoms with van der Waals surface area (Å²) < 4.78 is 7.80. The molecule has 2 atom stereocenters. The summed E-state index contributed by atoms with van der Waals surface area (Å²) in [6.07, 6.45) is 7.58. The highest BCUT2D eigenvalue weighted by Crippen LogP contribution is 2.30. The zero-order chi connectivity index (χ0) is 20.1. The second kappa shape index (κ2) is 9.52. The standard InChI is InChI=1S/C20H33N5O3/c1-22(2)15-17-20(16-13-21-23(3)14-16)25(11-12-28-17)19(27)8-6-10-24-9-5-4-7-18(24)26/h13-14,17,20H,4-12,15H2,1-3H3/t17-,20-/m0/s1. The first-order valence-electron chi connectivity index (χ1n) is 10.3. The van der Waals surface area contributed by atoms with Crippen LogP contribution < -0.4 is 0 Å². The molecule has 0 aromatic carbocycles. The number of morpholine rings is 1. The van der Waals surface area contributed by atoms with E-state index in [1.54, 1.807) is 4.68 Å². The number of amides is 2. The van der Waals surface area contributed by atoms with Crippen LogP contribution in [0.4, 0.5) is 0 Å². The molecule has 3 rings (SSSR count). The molecule has 0 radical (unpaired) electrons. The molecule has 8 nitrogen and oxygen atoms in total. The molecule has 0 aliphatic carbocycles. The lowest BCUT2D eigenvalue weighted by Gasteiger charge is -2.42. The van der Waals surface area contributed by atoms with E-state index in [-0.39, 0.29) is 24.0 Å². The Hall–Kier alpha value is -1.93. The minimum atomic E-state index is -0.131. The first-order valence-corrected chi connectivity index (χ1v) is 10.3. The fourth-order valence-electron chi connectivity index (χ4n) is 4.18. The lowest BCUT2D eigenvalue weighted by molar-refractivity contribution is -0.148. The van der Waals surface area contributed by atoms with Crippen LogP contribution in [-0.4, -0.2) is 89.3 Å². The van der Waals surface area contributed by atoms with Crippen molar-refractivity contribution in [3.63, 3.8) is 0 Å². The Balaban J connectivity index is 1.64. The van der Waals surface area contributed by atoms with Gasteiger partial charge in [-0.3, -0.25) is 14.3 Å².